The summed E-state index contributed by atoms with van der Waals surface area (Å²) in [6.45, 7) is 1.23. The molecule has 0 amide bonds. The lowest BCUT2D eigenvalue weighted by Gasteiger charge is -2.01. The number of hydrogen-bond donors (Lipinski definition) is 2. The molecular formula is C13H14Cl3NO2. The SMILES string of the molecule is Cl.OCCNCc1ccc(-c2cc(Cl)cc(Cl)c2)o1. The van der Waals surface area contributed by atoms with E-state index in [0.29, 0.717) is 23.1 Å². The Morgan fingerprint density at radius 2 is 1.79 bits per heavy atom. The molecule has 0 fully saturated rings. The van der Waals surface area contributed by atoms with Crippen molar-refractivity contribution in [2.75, 3.05) is 13.2 Å². The fraction of sp³-hybridized carbons (Fsp3) is 0.231. The molecule has 0 aliphatic heterocycles. The van der Waals surface area contributed by atoms with Gasteiger partial charge in [-0.2, -0.15) is 0 Å². The van der Waals surface area contributed by atoms with Crippen molar-refractivity contribution in [2.45, 2.75) is 6.54 Å². The minimum Gasteiger partial charge on any atom is -0.460 e. The van der Waals surface area contributed by atoms with Gasteiger partial charge in [-0.05, 0) is 30.3 Å². The average Bonchev–Trinajstić information content (AvgIpc) is 2.77. The summed E-state index contributed by atoms with van der Waals surface area (Å²) < 4.78 is 5.66. The Labute approximate surface area is 127 Å². The van der Waals surface area contributed by atoms with Crippen LogP contribution >= 0.6 is 35.6 Å². The summed E-state index contributed by atoms with van der Waals surface area (Å²) in [6.07, 6.45) is 0. The van der Waals surface area contributed by atoms with E-state index >= 15 is 0 Å². The molecule has 104 valence electrons. The highest BCUT2D eigenvalue weighted by molar-refractivity contribution is 6.35. The van der Waals surface area contributed by atoms with E-state index in [-0.39, 0.29) is 19.0 Å². The average molecular weight is 323 g/mol. The monoisotopic (exact) mass is 321 g/mol. The third-order valence-electron chi connectivity index (χ3n) is 2.40. The number of aliphatic hydroxyl groups is 1. The summed E-state index contributed by atoms with van der Waals surface area (Å²) in [5.41, 5.74) is 0.848. The number of furan rings is 1. The van der Waals surface area contributed by atoms with Crippen LogP contribution in [0.4, 0.5) is 0 Å². The van der Waals surface area contributed by atoms with Crippen molar-refractivity contribution in [3.05, 3.63) is 46.1 Å². The van der Waals surface area contributed by atoms with Crippen LogP contribution in [0.3, 0.4) is 0 Å². The zero-order valence-corrected chi connectivity index (χ0v) is 12.4. The number of benzene rings is 1. The highest BCUT2D eigenvalue weighted by atomic mass is 35.5. The van der Waals surface area contributed by atoms with Crippen LogP contribution in [-0.2, 0) is 6.54 Å². The summed E-state index contributed by atoms with van der Waals surface area (Å²) in [6, 6.07) is 9.04. The first-order valence-electron chi connectivity index (χ1n) is 5.56. The number of aliphatic hydroxyl groups excluding tert-OH is 1. The maximum absolute atomic E-state index is 8.67. The Balaban J connectivity index is 0.00000180. The molecule has 0 saturated carbocycles. The van der Waals surface area contributed by atoms with E-state index in [0.717, 1.165) is 17.1 Å². The molecule has 2 N–H and O–H groups in total. The van der Waals surface area contributed by atoms with E-state index in [1.807, 2.05) is 12.1 Å². The fourth-order valence-electron chi connectivity index (χ4n) is 1.61. The van der Waals surface area contributed by atoms with Crippen molar-refractivity contribution in [1.29, 1.82) is 0 Å². The van der Waals surface area contributed by atoms with Gasteiger partial charge in [0.05, 0.1) is 13.2 Å². The number of hydrogen-bond acceptors (Lipinski definition) is 3. The standard InChI is InChI=1S/C13H13Cl2NO2.ClH/c14-10-5-9(6-11(15)7-10)13-2-1-12(18-13)8-16-3-4-17;/h1-2,5-7,16-17H,3-4,8H2;1H. The first kappa shape index (κ1) is 16.3. The van der Waals surface area contributed by atoms with Crippen molar-refractivity contribution < 1.29 is 9.52 Å². The second-order valence-corrected chi connectivity index (χ2v) is 4.70. The van der Waals surface area contributed by atoms with Gasteiger partial charge in [0, 0.05) is 22.2 Å². The van der Waals surface area contributed by atoms with Gasteiger partial charge in [-0.1, -0.05) is 23.2 Å². The first-order chi connectivity index (χ1) is 8.69. The molecule has 2 rings (SSSR count). The van der Waals surface area contributed by atoms with Gasteiger partial charge < -0.3 is 14.8 Å². The van der Waals surface area contributed by atoms with Gasteiger partial charge >= 0.3 is 0 Å². The predicted molar refractivity (Wildman–Crippen MR) is 80.2 cm³/mol. The number of nitrogens with one attached hydrogen (secondary N) is 1. The van der Waals surface area contributed by atoms with Crippen LogP contribution in [0.15, 0.2) is 34.7 Å². The van der Waals surface area contributed by atoms with Gasteiger partial charge in [0.2, 0.25) is 0 Å². The Morgan fingerprint density at radius 1 is 1.11 bits per heavy atom. The van der Waals surface area contributed by atoms with E-state index in [4.69, 9.17) is 32.7 Å². The minimum absolute atomic E-state index is 0. The van der Waals surface area contributed by atoms with E-state index in [9.17, 15) is 0 Å². The molecule has 0 aliphatic rings. The zero-order valence-electron chi connectivity index (χ0n) is 10.0. The van der Waals surface area contributed by atoms with Crippen LogP contribution in [0.1, 0.15) is 5.76 Å². The van der Waals surface area contributed by atoms with Crippen LogP contribution in [0.5, 0.6) is 0 Å². The van der Waals surface area contributed by atoms with E-state index in [1.54, 1.807) is 18.2 Å². The lowest BCUT2D eigenvalue weighted by Crippen LogP contribution is -2.16. The van der Waals surface area contributed by atoms with Crippen LogP contribution in [-0.4, -0.2) is 18.3 Å². The molecule has 0 aliphatic carbocycles. The molecule has 1 aromatic carbocycles. The summed E-state index contributed by atoms with van der Waals surface area (Å²) in [5, 5.41) is 12.9. The molecule has 19 heavy (non-hydrogen) atoms. The maximum atomic E-state index is 8.67. The van der Waals surface area contributed by atoms with Crippen LogP contribution in [0.2, 0.25) is 10.0 Å². The third-order valence-corrected chi connectivity index (χ3v) is 2.83. The summed E-state index contributed by atoms with van der Waals surface area (Å²) in [7, 11) is 0. The summed E-state index contributed by atoms with van der Waals surface area (Å²) in [5.74, 6) is 1.52. The van der Waals surface area contributed by atoms with Crippen molar-refractivity contribution in [1.82, 2.24) is 5.32 Å². The Bertz CT molecular complexity index is 508. The van der Waals surface area contributed by atoms with Crippen molar-refractivity contribution in [3.63, 3.8) is 0 Å². The van der Waals surface area contributed by atoms with Gasteiger partial charge in [-0.25, -0.2) is 0 Å². The van der Waals surface area contributed by atoms with Gasteiger partial charge in [-0.3, -0.25) is 0 Å². The highest BCUT2D eigenvalue weighted by Gasteiger charge is 2.06. The summed E-state index contributed by atoms with van der Waals surface area (Å²) in [4.78, 5) is 0. The molecule has 2 aromatic rings. The van der Waals surface area contributed by atoms with Gasteiger partial charge in [-0.15, -0.1) is 12.4 Å². The largest absolute Gasteiger partial charge is 0.460 e. The van der Waals surface area contributed by atoms with E-state index in [2.05, 4.69) is 5.32 Å². The lowest BCUT2D eigenvalue weighted by molar-refractivity contribution is 0.290. The second kappa shape index (κ2) is 7.78. The molecule has 3 nitrogen and oxygen atoms in total. The molecule has 0 spiro atoms. The zero-order chi connectivity index (χ0) is 13.0. The molecule has 0 atom stereocenters. The van der Waals surface area contributed by atoms with Crippen molar-refractivity contribution in [2.24, 2.45) is 0 Å². The lowest BCUT2D eigenvalue weighted by atomic mass is 10.2. The Kier molecular flexibility index (Phi) is 6.69. The second-order valence-electron chi connectivity index (χ2n) is 3.82. The summed E-state index contributed by atoms with van der Waals surface area (Å²) >= 11 is 11.9. The van der Waals surface area contributed by atoms with Crippen LogP contribution < -0.4 is 5.32 Å². The molecular weight excluding hydrogens is 309 g/mol. The highest BCUT2D eigenvalue weighted by Crippen LogP contribution is 2.28. The molecule has 0 saturated heterocycles. The minimum atomic E-state index is 0. The van der Waals surface area contributed by atoms with Crippen LogP contribution in [0, 0.1) is 0 Å². The first-order valence-corrected chi connectivity index (χ1v) is 6.31. The van der Waals surface area contributed by atoms with E-state index in [1.165, 1.54) is 0 Å². The predicted octanol–water partition coefficient (Wildman–Crippen LogP) is 3.76. The molecule has 0 radical (unpaired) electrons. The van der Waals surface area contributed by atoms with Gasteiger partial charge in [0.1, 0.15) is 11.5 Å². The molecule has 0 unspecified atom stereocenters. The molecule has 1 aromatic heterocycles. The smallest absolute Gasteiger partial charge is 0.134 e. The third kappa shape index (κ3) is 4.71. The Hall–Kier alpha value is -0.710. The van der Waals surface area contributed by atoms with Gasteiger partial charge in [0.15, 0.2) is 0 Å². The topological polar surface area (TPSA) is 45.4 Å². The fourth-order valence-corrected chi connectivity index (χ4v) is 2.14. The molecule has 6 heteroatoms. The van der Waals surface area contributed by atoms with Gasteiger partial charge in [0.25, 0.3) is 0 Å². The normalized spacial score (nSPS) is 10.3. The van der Waals surface area contributed by atoms with Crippen LogP contribution in [0.25, 0.3) is 11.3 Å². The molecule has 1 heterocycles. The maximum Gasteiger partial charge on any atom is 0.134 e. The van der Waals surface area contributed by atoms with E-state index < -0.39 is 0 Å². The molecule has 0 bridgehead atoms. The van der Waals surface area contributed by atoms with Crippen molar-refractivity contribution >= 4 is 35.6 Å². The number of halogens is 3. The quantitative estimate of drug-likeness (QED) is 0.824. The Morgan fingerprint density at radius 3 is 2.42 bits per heavy atom. The van der Waals surface area contributed by atoms with Crippen molar-refractivity contribution in [3.8, 4) is 11.3 Å². The number of rotatable bonds is 5.